The molecule has 0 aliphatic carbocycles. The van der Waals surface area contributed by atoms with Gasteiger partial charge in [-0.15, -0.1) is 0 Å². The largest absolute Gasteiger partial charge is 0.421 e. The molecule has 1 amide bonds. The molecule has 3 N–H and O–H groups in total. The lowest BCUT2D eigenvalue weighted by atomic mass is 9.97. The highest BCUT2D eigenvalue weighted by Crippen LogP contribution is 2.46. The summed E-state index contributed by atoms with van der Waals surface area (Å²) in [4.78, 5) is 24.0. The van der Waals surface area contributed by atoms with Crippen LogP contribution in [0.15, 0.2) is 60.9 Å². The van der Waals surface area contributed by atoms with Crippen LogP contribution in [0, 0.1) is 29.9 Å². The third-order valence-electron chi connectivity index (χ3n) is 6.55. The lowest BCUT2D eigenvalue weighted by Gasteiger charge is -2.13. The van der Waals surface area contributed by atoms with Crippen molar-refractivity contribution < 1.29 is 18.3 Å². The van der Waals surface area contributed by atoms with Crippen molar-refractivity contribution in [3.63, 3.8) is 0 Å². The Kier molecular flexibility index (Phi) is 7.33. The molecule has 210 valence electrons. The number of nitrogens with zero attached hydrogens (tertiary/aromatic N) is 5. The number of amides is 1. The number of fused-ring (bicyclic) bond motifs is 1. The summed E-state index contributed by atoms with van der Waals surface area (Å²) in [5, 5.41) is 13.3. The molecular weight excluding hydrogens is 564 g/mol. The number of rotatable bonds is 6. The molecule has 0 atom stereocenters. The first-order valence-electron chi connectivity index (χ1n) is 12.4. The molecule has 42 heavy (non-hydrogen) atoms. The molecule has 0 radical (unpaired) electrons. The van der Waals surface area contributed by atoms with Gasteiger partial charge in [0, 0.05) is 35.6 Å². The maximum Gasteiger partial charge on any atom is 0.322 e. The predicted molar refractivity (Wildman–Crippen MR) is 156 cm³/mol. The zero-order valence-corrected chi connectivity index (χ0v) is 23.3. The van der Waals surface area contributed by atoms with Crippen LogP contribution in [0.2, 0.25) is 5.02 Å². The average molecular weight is 586 g/mol. The van der Waals surface area contributed by atoms with E-state index in [0.717, 1.165) is 6.20 Å². The molecular formula is C30H22ClF2N7O2. The van der Waals surface area contributed by atoms with E-state index in [2.05, 4.69) is 32.9 Å². The summed E-state index contributed by atoms with van der Waals surface area (Å²) < 4.78 is 36.3. The average Bonchev–Trinajstić information content (AvgIpc) is 3.25. The third-order valence-corrected chi connectivity index (χ3v) is 6.86. The highest BCUT2D eigenvalue weighted by Gasteiger charge is 2.25. The molecule has 5 rings (SSSR count). The van der Waals surface area contributed by atoms with Gasteiger partial charge in [0.1, 0.15) is 11.9 Å². The van der Waals surface area contributed by atoms with Gasteiger partial charge in [0.15, 0.2) is 17.4 Å². The molecule has 0 bridgehead atoms. The molecule has 0 aliphatic heterocycles. The normalized spacial score (nSPS) is 10.9. The molecule has 3 heterocycles. The number of carbonyl (C=O) groups excluding carboxylic acids is 1. The maximum atomic E-state index is 15.5. The van der Waals surface area contributed by atoms with Gasteiger partial charge < -0.3 is 20.4 Å². The van der Waals surface area contributed by atoms with Gasteiger partial charge >= 0.3 is 6.01 Å². The van der Waals surface area contributed by atoms with E-state index in [0.29, 0.717) is 44.5 Å². The zero-order valence-electron chi connectivity index (χ0n) is 22.6. The molecule has 5 aromatic rings. The number of anilines is 2. The Labute approximate surface area is 243 Å². The van der Waals surface area contributed by atoms with Crippen molar-refractivity contribution in [2.75, 3.05) is 11.1 Å². The molecule has 0 unspecified atom stereocenters. The van der Waals surface area contributed by atoms with Crippen molar-refractivity contribution in [2.45, 2.75) is 13.8 Å². The van der Waals surface area contributed by atoms with Gasteiger partial charge in [-0.05, 0) is 49.7 Å². The third kappa shape index (κ3) is 5.00. The van der Waals surface area contributed by atoms with Gasteiger partial charge in [0.05, 0.1) is 39.1 Å². The van der Waals surface area contributed by atoms with Crippen molar-refractivity contribution in [1.29, 1.82) is 5.26 Å². The van der Waals surface area contributed by atoms with E-state index in [1.807, 2.05) is 0 Å². The van der Waals surface area contributed by atoms with Crippen LogP contribution in [0.4, 0.5) is 20.3 Å². The van der Waals surface area contributed by atoms with Gasteiger partial charge in [-0.25, -0.2) is 18.7 Å². The first-order valence-corrected chi connectivity index (χ1v) is 12.8. The van der Waals surface area contributed by atoms with Crippen LogP contribution in [-0.4, -0.2) is 25.4 Å². The predicted octanol–water partition coefficient (Wildman–Crippen LogP) is 6.70. The summed E-state index contributed by atoms with van der Waals surface area (Å²) in [5.74, 6) is -1.80. The second-order valence-electron chi connectivity index (χ2n) is 9.44. The number of hydrogen-bond acceptors (Lipinski definition) is 7. The van der Waals surface area contributed by atoms with Crippen molar-refractivity contribution in [3.8, 4) is 40.2 Å². The fourth-order valence-electron chi connectivity index (χ4n) is 4.53. The number of aryl methyl sites for hydroxylation is 2. The smallest absolute Gasteiger partial charge is 0.322 e. The van der Waals surface area contributed by atoms with Crippen molar-refractivity contribution >= 4 is 39.9 Å². The minimum Gasteiger partial charge on any atom is -0.421 e. The Morgan fingerprint density at radius 1 is 1.17 bits per heavy atom. The number of ether oxygens (including phenoxy) is 1. The number of nitriles is 1. The molecule has 3 aromatic heterocycles. The van der Waals surface area contributed by atoms with Crippen LogP contribution < -0.4 is 15.8 Å². The quantitative estimate of drug-likeness (QED) is 0.212. The lowest BCUT2D eigenvalue weighted by Crippen LogP contribution is -2.11. The standard InChI is InChI=1S/C30H22ClF2N7O2/c1-14(2)29(41)39-18-6-7-19(20(31)10-18)27-24(25-26(40(27)4)17(11-34)12-36-28(25)35)16-5-8-23(21(32)9-16)42-30-37-13-22(33)15(3)38-30/h5-10,12-13H,1H2,2-4H3,(H2,35,36)(H,39,41). The van der Waals surface area contributed by atoms with Gasteiger partial charge in [0.2, 0.25) is 0 Å². The molecule has 0 aliphatic rings. The number of nitrogens with one attached hydrogen (secondary N) is 1. The maximum absolute atomic E-state index is 15.5. The topological polar surface area (TPSA) is 132 Å². The molecule has 0 saturated carbocycles. The Morgan fingerprint density at radius 2 is 1.93 bits per heavy atom. The summed E-state index contributed by atoms with van der Waals surface area (Å²) in [6.45, 7) is 6.65. The number of pyridine rings is 1. The molecule has 0 spiro atoms. The molecule has 2 aromatic carbocycles. The highest BCUT2D eigenvalue weighted by atomic mass is 35.5. The van der Waals surface area contributed by atoms with Crippen LogP contribution in [0.5, 0.6) is 11.8 Å². The summed E-state index contributed by atoms with van der Waals surface area (Å²) in [7, 11) is 1.73. The second kappa shape index (κ2) is 10.9. The fraction of sp³-hybridized carbons (Fsp3) is 0.100. The lowest BCUT2D eigenvalue weighted by molar-refractivity contribution is -0.112. The number of benzene rings is 2. The summed E-state index contributed by atoms with van der Waals surface area (Å²) >= 11 is 6.74. The monoisotopic (exact) mass is 585 g/mol. The minimum atomic E-state index is -0.757. The van der Waals surface area contributed by atoms with Gasteiger partial charge in [-0.3, -0.25) is 4.79 Å². The molecule has 0 fully saturated rings. The first kappa shape index (κ1) is 28.2. The summed E-state index contributed by atoms with van der Waals surface area (Å²) in [6.07, 6.45) is 2.30. The van der Waals surface area contributed by atoms with E-state index in [9.17, 15) is 14.4 Å². The SMILES string of the molecule is C=C(C)C(=O)Nc1ccc(-c2c(-c3ccc(Oc4ncc(F)c(C)n4)c(F)c3)c3c(N)ncc(C#N)c3n2C)c(Cl)c1. The Hall–Kier alpha value is -5.34. The number of carbonyl (C=O) groups is 1. The Morgan fingerprint density at radius 3 is 2.57 bits per heavy atom. The summed E-state index contributed by atoms with van der Waals surface area (Å²) in [5.41, 5.74) is 9.78. The van der Waals surface area contributed by atoms with Crippen molar-refractivity contribution in [1.82, 2.24) is 19.5 Å². The van der Waals surface area contributed by atoms with Crippen LogP contribution in [0.25, 0.3) is 33.3 Å². The van der Waals surface area contributed by atoms with E-state index >= 15 is 4.39 Å². The van der Waals surface area contributed by atoms with E-state index in [4.69, 9.17) is 22.1 Å². The van der Waals surface area contributed by atoms with Gasteiger partial charge in [-0.2, -0.15) is 10.2 Å². The minimum absolute atomic E-state index is 0.0517. The summed E-state index contributed by atoms with van der Waals surface area (Å²) in [6, 6.07) is 11.1. The molecule has 12 heteroatoms. The number of nitrogen functional groups attached to an aromatic ring is 1. The van der Waals surface area contributed by atoms with Crippen LogP contribution in [0.3, 0.4) is 0 Å². The number of hydrogen-bond donors (Lipinski definition) is 2. The van der Waals surface area contributed by atoms with Crippen LogP contribution >= 0.6 is 11.6 Å². The van der Waals surface area contributed by atoms with E-state index < -0.39 is 11.6 Å². The Balaban J connectivity index is 1.69. The fourth-order valence-corrected chi connectivity index (χ4v) is 4.80. The second-order valence-corrected chi connectivity index (χ2v) is 9.84. The van der Waals surface area contributed by atoms with Crippen LogP contribution in [0.1, 0.15) is 18.2 Å². The van der Waals surface area contributed by atoms with E-state index in [-0.39, 0.29) is 39.8 Å². The van der Waals surface area contributed by atoms with E-state index in [1.54, 1.807) is 42.8 Å². The van der Waals surface area contributed by atoms with Crippen LogP contribution in [-0.2, 0) is 11.8 Å². The molecule has 0 saturated heterocycles. The molecule has 9 nitrogen and oxygen atoms in total. The number of nitrogens with two attached hydrogens (primary N) is 1. The van der Waals surface area contributed by atoms with Gasteiger partial charge in [0.25, 0.3) is 5.91 Å². The van der Waals surface area contributed by atoms with Crippen molar-refractivity contribution in [3.05, 3.63) is 88.9 Å². The van der Waals surface area contributed by atoms with Crippen molar-refractivity contribution in [2.24, 2.45) is 7.05 Å². The highest BCUT2D eigenvalue weighted by molar-refractivity contribution is 6.34. The number of aromatic nitrogens is 4. The van der Waals surface area contributed by atoms with E-state index in [1.165, 1.54) is 25.3 Å². The van der Waals surface area contributed by atoms with Gasteiger partial charge in [-0.1, -0.05) is 24.2 Å². The first-order chi connectivity index (χ1) is 20.0. The zero-order chi connectivity index (χ0) is 30.3. The number of halogens is 3. The Bertz CT molecular complexity index is 1980.